The Bertz CT molecular complexity index is 363. The normalized spacial score (nSPS) is 11.5. The van der Waals surface area contributed by atoms with Gasteiger partial charge in [0.1, 0.15) is 0 Å². The van der Waals surface area contributed by atoms with Crippen LogP contribution in [0.2, 0.25) is 0 Å². The fraction of sp³-hybridized carbons (Fsp3) is 0.400. The van der Waals surface area contributed by atoms with Crippen molar-refractivity contribution in [1.82, 2.24) is 0 Å². The number of halogens is 3. The van der Waals surface area contributed by atoms with Crippen molar-refractivity contribution in [3.63, 3.8) is 0 Å². The number of hydrogen-bond donors (Lipinski definition) is 2. The Balaban J connectivity index is 2.66. The van der Waals surface area contributed by atoms with E-state index in [1.165, 1.54) is 4.90 Å². The molecular weight excluding hydrogens is 219 g/mol. The van der Waals surface area contributed by atoms with Gasteiger partial charge in [-0.05, 0) is 18.2 Å². The van der Waals surface area contributed by atoms with Crippen molar-refractivity contribution in [2.75, 3.05) is 30.0 Å². The SMILES string of the molecule is CN(CCC(F)(F)F)c1ccc(N)c(N)c1. The Morgan fingerprint density at radius 2 is 1.81 bits per heavy atom. The Morgan fingerprint density at radius 1 is 1.19 bits per heavy atom. The van der Waals surface area contributed by atoms with Crippen LogP contribution >= 0.6 is 0 Å². The molecule has 0 aliphatic carbocycles. The maximum absolute atomic E-state index is 12.0. The summed E-state index contributed by atoms with van der Waals surface area (Å²) in [5.41, 5.74) is 12.5. The van der Waals surface area contributed by atoms with Gasteiger partial charge in [0.2, 0.25) is 0 Å². The molecule has 0 saturated heterocycles. The van der Waals surface area contributed by atoms with E-state index >= 15 is 0 Å². The lowest BCUT2D eigenvalue weighted by Crippen LogP contribution is -2.24. The Hall–Kier alpha value is -1.59. The first-order valence-corrected chi connectivity index (χ1v) is 4.72. The minimum atomic E-state index is -4.15. The molecule has 1 aromatic rings. The summed E-state index contributed by atoms with van der Waals surface area (Å²) >= 11 is 0. The van der Waals surface area contributed by atoms with Crippen molar-refractivity contribution in [1.29, 1.82) is 0 Å². The molecule has 0 bridgehead atoms. The second-order valence-electron chi connectivity index (χ2n) is 3.60. The molecule has 3 nitrogen and oxygen atoms in total. The third-order valence-corrected chi connectivity index (χ3v) is 2.24. The molecule has 0 saturated carbocycles. The van der Waals surface area contributed by atoms with Gasteiger partial charge in [-0.3, -0.25) is 0 Å². The summed E-state index contributed by atoms with van der Waals surface area (Å²) in [7, 11) is 1.58. The van der Waals surface area contributed by atoms with Gasteiger partial charge in [-0.15, -0.1) is 0 Å². The Kier molecular flexibility index (Phi) is 3.51. The molecule has 0 unspecified atom stereocenters. The number of nitrogens with two attached hydrogens (primary N) is 2. The highest BCUT2D eigenvalue weighted by Crippen LogP contribution is 2.24. The van der Waals surface area contributed by atoms with E-state index in [0.717, 1.165) is 0 Å². The van der Waals surface area contributed by atoms with E-state index in [1.807, 2.05) is 0 Å². The van der Waals surface area contributed by atoms with Crippen LogP contribution in [0.5, 0.6) is 0 Å². The van der Waals surface area contributed by atoms with E-state index in [9.17, 15) is 13.2 Å². The van der Waals surface area contributed by atoms with Crippen molar-refractivity contribution in [2.45, 2.75) is 12.6 Å². The molecule has 0 atom stereocenters. The second-order valence-corrected chi connectivity index (χ2v) is 3.60. The van der Waals surface area contributed by atoms with Crippen LogP contribution in [0.15, 0.2) is 18.2 Å². The molecule has 0 aliphatic rings. The molecule has 16 heavy (non-hydrogen) atoms. The lowest BCUT2D eigenvalue weighted by molar-refractivity contribution is -0.132. The Labute approximate surface area is 91.8 Å². The predicted octanol–water partition coefficient (Wildman–Crippen LogP) is 2.24. The highest BCUT2D eigenvalue weighted by atomic mass is 19.4. The molecule has 0 spiro atoms. The largest absolute Gasteiger partial charge is 0.397 e. The highest BCUT2D eigenvalue weighted by molar-refractivity contribution is 5.69. The summed E-state index contributed by atoms with van der Waals surface area (Å²) in [6.07, 6.45) is -5.00. The van der Waals surface area contributed by atoms with Crippen LogP contribution in [-0.2, 0) is 0 Å². The van der Waals surface area contributed by atoms with E-state index in [4.69, 9.17) is 11.5 Å². The van der Waals surface area contributed by atoms with Gasteiger partial charge < -0.3 is 16.4 Å². The molecule has 1 rings (SSSR count). The minimum absolute atomic E-state index is 0.104. The van der Waals surface area contributed by atoms with Gasteiger partial charge in [0, 0.05) is 19.3 Å². The molecule has 1 aromatic carbocycles. The molecule has 6 heteroatoms. The number of nitrogens with zero attached hydrogens (tertiary/aromatic N) is 1. The van der Waals surface area contributed by atoms with E-state index in [2.05, 4.69) is 0 Å². The summed E-state index contributed by atoms with van der Waals surface area (Å²) in [5, 5.41) is 0. The van der Waals surface area contributed by atoms with E-state index in [0.29, 0.717) is 17.1 Å². The highest BCUT2D eigenvalue weighted by Gasteiger charge is 2.27. The van der Waals surface area contributed by atoms with Crippen LogP contribution in [-0.4, -0.2) is 19.8 Å². The van der Waals surface area contributed by atoms with Crippen molar-refractivity contribution in [3.05, 3.63) is 18.2 Å². The number of hydrogen-bond acceptors (Lipinski definition) is 3. The second kappa shape index (κ2) is 4.51. The first kappa shape index (κ1) is 12.5. The molecule has 0 radical (unpaired) electrons. The average Bonchev–Trinajstić information content (AvgIpc) is 2.17. The maximum Gasteiger partial charge on any atom is 0.390 e. The fourth-order valence-corrected chi connectivity index (χ4v) is 1.22. The molecule has 4 N–H and O–H groups in total. The summed E-state index contributed by atoms with van der Waals surface area (Å²) in [4.78, 5) is 1.49. The zero-order valence-corrected chi connectivity index (χ0v) is 8.88. The van der Waals surface area contributed by atoms with Crippen LogP contribution in [0.4, 0.5) is 30.2 Å². The van der Waals surface area contributed by atoms with Crippen molar-refractivity contribution in [2.24, 2.45) is 0 Å². The van der Waals surface area contributed by atoms with Gasteiger partial charge in [0.05, 0.1) is 17.8 Å². The van der Waals surface area contributed by atoms with Crippen LogP contribution in [0.25, 0.3) is 0 Å². The number of alkyl halides is 3. The minimum Gasteiger partial charge on any atom is -0.397 e. The van der Waals surface area contributed by atoms with Gasteiger partial charge >= 0.3 is 6.18 Å². The van der Waals surface area contributed by atoms with Crippen molar-refractivity contribution in [3.8, 4) is 0 Å². The molecule has 0 fully saturated rings. The summed E-state index contributed by atoms with van der Waals surface area (Å²) in [6.45, 7) is -0.104. The monoisotopic (exact) mass is 233 g/mol. The van der Waals surface area contributed by atoms with Gasteiger partial charge in [0.15, 0.2) is 0 Å². The first-order valence-electron chi connectivity index (χ1n) is 4.72. The first-order chi connectivity index (χ1) is 7.29. The quantitative estimate of drug-likeness (QED) is 0.787. The standard InChI is InChI=1S/C10H14F3N3/c1-16(5-4-10(11,12)13)7-2-3-8(14)9(15)6-7/h2-3,6H,4-5,14-15H2,1H3. The number of nitrogen functional groups attached to an aromatic ring is 2. The number of benzene rings is 1. The topological polar surface area (TPSA) is 55.3 Å². The van der Waals surface area contributed by atoms with E-state index < -0.39 is 12.6 Å². The third-order valence-electron chi connectivity index (χ3n) is 2.24. The maximum atomic E-state index is 12.0. The van der Waals surface area contributed by atoms with Gasteiger partial charge in [0.25, 0.3) is 0 Å². The Morgan fingerprint density at radius 3 is 2.31 bits per heavy atom. The molecule has 0 amide bonds. The molecule has 0 heterocycles. The molecule has 0 aromatic heterocycles. The van der Waals surface area contributed by atoms with Crippen LogP contribution < -0.4 is 16.4 Å². The predicted molar refractivity (Wildman–Crippen MR) is 59.2 cm³/mol. The van der Waals surface area contributed by atoms with Gasteiger partial charge in [-0.1, -0.05) is 0 Å². The summed E-state index contributed by atoms with van der Waals surface area (Å²) in [6, 6.07) is 4.78. The van der Waals surface area contributed by atoms with Crippen molar-refractivity contribution >= 4 is 17.1 Å². The zero-order valence-electron chi connectivity index (χ0n) is 8.88. The van der Waals surface area contributed by atoms with Crippen LogP contribution in [0.1, 0.15) is 6.42 Å². The molecule has 90 valence electrons. The molecular formula is C10H14F3N3. The number of rotatable bonds is 3. The summed E-state index contributed by atoms with van der Waals surface area (Å²) < 4.78 is 36.0. The average molecular weight is 233 g/mol. The fourth-order valence-electron chi connectivity index (χ4n) is 1.22. The van der Waals surface area contributed by atoms with E-state index in [-0.39, 0.29) is 6.54 Å². The van der Waals surface area contributed by atoms with Crippen LogP contribution in [0, 0.1) is 0 Å². The third kappa shape index (κ3) is 3.52. The van der Waals surface area contributed by atoms with Crippen molar-refractivity contribution < 1.29 is 13.2 Å². The zero-order chi connectivity index (χ0) is 12.3. The number of anilines is 3. The van der Waals surface area contributed by atoms with E-state index in [1.54, 1.807) is 25.2 Å². The smallest absolute Gasteiger partial charge is 0.390 e. The summed E-state index contributed by atoms with van der Waals surface area (Å²) in [5.74, 6) is 0. The molecule has 0 aliphatic heterocycles. The lowest BCUT2D eigenvalue weighted by Gasteiger charge is -2.20. The van der Waals surface area contributed by atoms with Gasteiger partial charge in [-0.2, -0.15) is 13.2 Å². The van der Waals surface area contributed by atoms with Gasteiger partial charge in [-0.25, -0.2) is 0 Å². The lowest BCUT2D eigenvalue weighted by atomic mass is 10.2. The van der Waals surface area contributed by atoms with Crippen LogP contribution in [0.3, 0.4) is 0 Å².